The Morgan fingerprint density at radius 1 is 1.20 bits per heavy atom. The molecule has 20 heavy (non-hydrogen) atoms. The standard InChI is InChI=1S/C16H15NO3/c1-2-11-10-17-6-5-13(11)16(18)12-3-4-14-15(9-12)20-8-7-19-14/h3-6,9-10H,2,7-8H2,1H3. The predicted molar refractivity (Wildman–Crippen MR) is 74.5 cm³/mol. The lowest BCUT2D eigenvalue weighted by molar-refractivity contribution is 0.103. The molecular formula is C16H15NO3. The van der Waals surface area contributed by atoms with Crippen LogP contribution in [0.3, 0.4) is 0 Å². The number of fused-ring (bicyclic) bond motifs is 1. The van der Waals surface area contributed by atoms with Crippen LogP contribution in [0, 0.1) is 0 Å². The monoisotopic (exact) mass is 269 g/mol. The maximum Gasteiger partial charge on any atom is 0.193 e. The zero-order chi connectivity index (χ0) is 13.9. The molecule has 102 valence electrons. The van der Waals surface area contributed by atoms with Crippen molar-refractivity contribution in [3.05, 3.63) is 53.3 Å². The predicted octanol–water partition coefficient (Wildman–Crippen LogP) is 2.65. The van der Waals surface area contributed by atoms with Crippen molar-refractivity contribution in [2.24, 2.45) is 0 Å². The molecule has 0 spiro atoms. The first kappa shape index (κ1) is 12.7. The Morgan fingerprint density at radius 3 is 2.80 bits per heavy atom. The molecule has 0 saturated heterocycles. The number of benzene rings is 1. The fraction of sp³-hybridized carbons (Fsp3) is 0.250. The smallest absolute Gasteiger partial charge is 0.193 e. The summed E-state index contributed by atoms with van der Waals surface area (Å²) in [6.45, 7) is 3.07. The molecule has 0 amide bonds. The summed E-state index contributed by atoms with van der Waals surface area (Å²) >= 11 is 0. The number of aryl methyl sites for hydroxylation is 1. The number of carbonyl (C=O) groups excluding carboxylic acids is 1. The Balaban J connectivity index is 1.98. The second-order valence-electron chi connectivity index (χ2n) is 4.57. The van der Waals surface area contributed by atoms with E-state index in [2.05, 4.69) is 4.98 Å². The van der Waals surface area contributed by atoms with Crippen LogP contribution in [-0.2, 0) is 6.42 Å². The molecule has 4 nitrogen and oxygen atoms in total. The Bertz CT molecular complexity index is 652. The average molecular weight is 269 g/mol. The van der Waals surface area contributed by atoms with E-state index in [1.165, 1.54) is 0 Å². The van der Waals surface area contributed by atoms with E-state index in [9.17, 15) is 4.79 Å². The van der Waals surface area contributed by atoms with Gasteiger partial charge in [0.05, 0.1) is 0 Å². The minimum absolute atomic E-state index is 0.0128. The van der Waals surface area contributed by atoms with Crippen molar-refractivity contribution in [2.75, 3.05) is 13.2 Å². The zero-order valence-corrected chi connectivity index (χ0v) is 11.3. The topological polar surface area (TPSA) is 48.4 Å². The van der Waals surface area contributed by atoms with E-state index in [1.54, 1.807) is 36.7 Å². The SMILES string of the molecule is CCc1cnccc1C(=O)c1ccc2c(c1)OCCO2. The molecule has 1 aromatic heterocycles. The van der Waals surface area contributed by atoms with E-state index in [0.717, 1.165) is 12.0 Å². The molecular weight excluding hydrogens is 254 g/mol. The van der Waals surface area contributed by atoms with Crippen molar-refractivity contribution >= 4 is 5.78 Å². The van der Waals surface area contributed by atoms with Gasteiger partial charge in [-0.2, -0.15) is 0 Å². The first-order chi connectivity index (χ1) is 9.79. The van der Waals surface area contributed by atoms with Gasteiger partial charge in [-0.15, -0.1) is 0 Å². The summed E-state index contributed by atoms with van der Waals surface area (Å²) < 4.78 is 11.0. The highest BCUT2D eigenvalue weighted by Gasteiger charge is 2.17. The van der Waals surface area contributed by atoms with E-state index < -0.39 is 0 Å². The van der Waals surface area contributed by atoms with E-state index >= 15 is 0 Å². The second-order valence-corrected chi connectivity index (χ2v) is 4.57. The van der Waals surface area contributed by atoms with Crippen LogP contribution in [-0.4, -0.2) is 24.0 Å². The summed E-state index contributed by atoms with van der Waals surface area (Å²) in [5.74, 6) is 1.31. The second kappa shape index (κ2) is 5.33. The summed E-state index contributed by atoms with van der Waals surface area (Å²) in [6.07, 6.45) is 4.16. The average Bonchev–Trinajstić information content (AvgIpc) is 2.53. The minimum atomic E-state index is -0.0128. The maximum absolute atomic E-state index is 12.6. The van der Waals surface area contributed by atoms with Gasteiger partial charge in [-0.05, 0) is 36.2 Å². The Hall–Kier alpha value is -2.36. The van der Waals surface area contributed by atoms with E-state index in [4.69, 9.17) is 9.47 Å². The van der Waals surface area contributed by atoms with Gasteiger partial charge in [-0.1, -0.05) is 6.92 Å². The Morgan fingerprint density at radius 2 is 2.00 bits per heavy atom. The lowest BCUT2D eigenvalue weighted by atomic mass is 9.98. The molecule has 2 heterocycles. The minimum Gasteiger partial charge on any atom is -0.486 e. The van der Waals surface area contributed by atoms with Crippen molar-refractivity contribution in [2.45, 2.75) is 13.3 Å². The maximum atomic E-state index is 12.6. The summed E-state index contributed by atoms with van der Waals surface area (Å²) in [7, 11) is 0. The normalized spacial score (nSPS) is 13.1. The van der Waals surface area contributed by atoms with Crippen LogP contribution in [0.2, 0.25) is 0 Å². The van der Waals surface area contributed by atoms with Gasteiger partial charge in [0.25, 0.3) is 0 Å². The molecule has 0 bridgehead atoms. The zero-order valence-electron chi connectivity index (χ0n) is 11.3. The Labute approximate surface area is 117 Å². The van der Waals surface area contributed by atoms with E-state index in [0.29, 0.717) is 35.8 Å². The number of ether oxygens (including phenoxy) is 2. The van der Waals surface area contributed by atoms with Crippen LogP contribution >= 0.6 is 0 Å². The number of hydrogen-bond donors (Lipinski definition) is 0. The third kappa shape index (κ3) is 2.25. The number of hydrogen-bond acceptors (Lipinski definition) is 4. The fourth-order valence-electron chi connectivity index (χ4n) is 2.27. The van der Waals surface area contributed by atoms with Crippen LogP contribution in [0.4, 0.5) is 0 Å². The fourth-order valence-corrected chi connectivity index (χ4v) is 2.27. The van der Waals surface area contributed by atoms with Crippen LogP contribution in [0.1, 0.15) is 28.4 Å². The van der Waals surface area contributed by atoms with Crippen LogP contribution in [0.15, 0.2) is 36.7 Å². The van der Waals surface area contributed by atoms with Crippen LogP contribution in [0.25, 0.3) is 0 Å². The van der Waals surface area contributed by atoms with Crippen molar-refractivity contribution in [3.8, 4) is 11.5 Å². The highest BCUT2D eigenvalue weighted by Crippen LogP contribution is 2.31. The molecule has 0 N–H and O–H groups in total. The van der Waals surface area contributed by atoms with Crippen LogP contribution in [0.5, 0.6) is 11.5 Å². The van der Waals surface area contributed by atoms with Gasteiger partial charge >= 0.3 is 0 Å². The molecule has 2 aromatic rings. The molecule has 3 rings (SSSR count). The van der Waals surface area contributed by atoms with Gasteiger partial charge < -0.3 is 9.47 Å². The van der Waals surface area contributed by atoms with Gasteiger partial charge in [0.2, 0.25) is 0 Å². The quantitative estimate of drug-likeness (QED) is 0.804. The molecule has 4 heteroatoms. The lowest BCUT2D eigenvalue weighted by Gasteiger charge is -2.18. The van der Waals surface area contributed by atoms with Crippen molar-refractivity contribution in [1.29, 1.82) is 0 Å². The number of carbonyl (C=O) groups is 1. The largest absolute Gasteiger partial charge is 0.486 e. The number of pyridine rings is 1. The Kier molecular flexibility index (Phi) is 3.37. The molecule has 1 aliphatic rings. The summed E-state index contributed by atoms with van der Waals surface area (Å²) in [5.41, 5.74) is 2.25. The van der Waals surface area contributed by atoms with Crippen molar-refractivity contribution in [1.82, 2.24) is 4.98 Å². The van der Waals surface area contributed by atoms with Gasteiger partial charge in [-0.3, -0.25) is 9.78 Å². The number of nitrogens with zero attached hydrogens (tertiary/aromatic N) is 1. The lowest BCUT2D eigenvalue weighted by Crippen LogP contribution is -2.16. The first-order valence-electron chi connectivity index (χ1n) is 6.67. The van der Waals surface area contributed by atoms with Crippen molar-refractivity contribution < 1.29 is 14.3 Å². The molecule has 0 radical (unpaired) electrons. The molecule has 1 aromatic carbocycles. The first-order valence-corrected chi connectivity index (χ1v) is 6.67. The summed E-state index contributed by atoms with van der Waals surface area (Å²) in [6, 6.07) is 7.07. The molecule has 0 fully saturated rings. The molecule has 0 atom stereocenters. The van der Waals surface area contributed by atoms with Gasteiger partial charge in [-0.25, -0.2) is 0 Å². The summed E-state index contributed by atoms with van der Waals surface area (Å²) in [5, 5.41) is 0. The summed E-state index contributed by atoms with van der Waals surface area (Å²) in [4.78, 5) is 16.7. The third-order valence-corrected chi connectivity index (χ3v) is 3.33. The molecule has 1 aliphatic heterocycles. The van der Waals surface area contributed by atoms with Gasteiger partial charge in [0.1, 0.15) is 13.2 Å². The number of ketones is 1. The van der Waals surface area contributed by atoms with E-state index in [1.807, 2.05) is 6.92 Å². The van der Waals surface area contributed by atoms with Gasteiger partial charge in [0.15, 0.2) is 17.3 Å². The van der Waals surface area contributed by atoms with Crippen LogP contribution < -0.4 is 9.47 Å². The van der Waals surface area contributed by atoms with E-state index in [-0.39, 0.29) is 5.78 Å². The highest BCUT2D eigenvalue weighted by atomic mass is 16.6. The molecule has 0 saturated carbocycles. The highest BCUT2D eigenvalue weighted by molar-refractivity contribution is 6.10. The molecule has 0 aliphatic carbocycles. The molecule has 0 unspecified atom stereocenters. The third-order valence-electron chi connectivity index (χ3n) is 3.33. The number of rotatable bonds is 3. The van der Waals surface area contributed by atoms with Crippen molar-refractivity contribution in [3.63, 3.8) is 0 Å². The van der Waals surface area contributed by atoms with Gasteiger partial charge in [0, 0.05) is 23.5 Å². The number of aromatic nitrogens is 1.